The zero-order valence-corrected chi connectivity index (χ0v) is 19.9. The minimum atomic E-state index is -0.961. The van der Waals surface area contributed by atoms with Gasteiger partial charge in [0.05, 0.1) is 5.69 Å². The summed E-state index contributed by atoms with van der Waals surface area (Å²) >= 11 is 0.480. The number of carbonyl (C=O) groups is 2. The van der Waals surface area contributed by atoms with Crippen molar-refractivity contribution >= 4 is 45.6 Å². The molecule has 7 heteroatoms. The van der Waals surface area contributed by atoms with Gasteiger partial charge in [-0.1, -0.05) is 24.2 Å². The maximum Gasteiger partial charge on any atom is 0.348 e. The van der Waals surface area contributed by atoms with Crippen LogP contribution in [0.25, 0.3) is 5.57 Å². The van der Waals surface area contributed by atoms with Crippen molar-refractivity contribution in [1.82, 2.24) is 0 Å². The third kappa shape index (κ3) is 5.20. The van der Waals surface area contributed by atoms with Crippen LogP contribution in [0.5, 0.6) is 0 Å². The van der Waals surface area contributed by atoms with Gasteiger partial charge < -0.3 is 14.6 Å². The van der Waals surface area contributed by atoms with E-state index in [1.807, 2.05) is 11.0 Å². The molecule has 1 saturated carbocycles. The van der Waals surface area contributed by atoms with Crippen molar-refractivity contribution in [3.05, 3.63) is 21.9 Å². The smallest absolute Gasteiger partial charge is 0.348 e. The number of aromatic carboxylic acids is 1. The molecule has 2 aliphatic carbocycles. The van der Waals surface area contributed by atoms with E-state index < -0.39 is 17.1 Å². The minimum Gasteiger partial charge on any atom is -0.616 e. The summed E-state index contributed by atoms with van der Waals surface area (Å²) in [5.41, 5.74) is 1.79. The number of rotatable bonds is 5. The van der Waals surface area contributed by atoms with Gasteiger partial charge >= 0.3 is 5.97 Å². The number of carboxylic acid groups (broad SMARTS) is 1. The average molecular weight is 464 g/mol. The Morgan fingerprint density at radius 2 is 1.84 bits per heavy atom. The number of amides is 1. The Morgan fingerprint density at radius 1 is 1.13 bits per heavy atom. The van der Waals surface area contributed by atoms with Crippen LogP contribution in [0.1, 0.15) is 85.7 Å². The van der Waals surface area contributed by atoms with Crippen LogP contribution < -0.4 is 4.90 Å². The fourth-order valence-corrected chi connectivity index (χ4v) is 7.50. The molecular formula is C24H33NO4S2. The maximum absolute atomic E-state index is 13.8. The van der Waals surface area contributed by atoms with Gasteiger partial charge in [0.2, 0.25) is 5.91 Å². The molecule has 170 valence electrons. The van der Waals surface area contributed by atoms with E-state index in [0.717, 1.165) is 49.8 Å². The lowest BCUT2D eigenvalue weighted by atomic mass is 9.82. The van der Waals surface area contributed by atoms with E-state index in [4.69, 9.17) is 0 Å². The monoisotopic (exact) mass is 463 g/mol. The highest BCUT2D eigenvalue weighted by molar-refractivity contribution is 7.91. The summed E-state index contributed by atoms with van der Waals surface area (Å²) in [6.45, 7) is 2.24. The summed E-state index contributed by atoms with van der Waals surface area (Å²) in [7, 11) is 0. The van der Waals surface area contributed by atoms with Crippen molar-refractivity contribution in [2.75, 3.05) is 16.4 Å². The molecule has 0 unspecified atom stereocenters. The summed E-state index contributed by atoms with van der Waals surface area (Å²) in [5.74, 6) is 0.894. The number of allylic oxidation sites excluding steroid dienone is 2. The third-order valence-electron chi connectivity index (χ3n) is 7.10. The molecule has 0 radical (unpaired) electrons. The predicted molar refractivity (Wildman–Crippen MR) is 127 cm³/mol. The molecule has 0 spiro atoms. The molecule has 1 saturated heterocycles. The lowest BCUT2D eigenvalue weighted by Crippen LogP contribution is -2.48. The van der Waals surface area contributed by atoms with E-state index >= 15 is 0 Å². The summed E-state index contributed by atoms with van der Waals surface area (Å²) in [4.78, 5) is 29.1. The van der Waals surface area contributed by atoms with Crippen molar-refractivity contribution in [2.24, 2.45) is 11.8 Å². The first-order valence-corrected chi connectivity index (χ1v) is 14.0. The molecule has 1 aromatic heterocycles. The highest BCUT2D eigenvalue weighted by Crippen LogP contribution is 2.41. The van der Waals surface area contributed by atoms with Crippen molar-refractivity contribution in [3.63, 3.8) is 0 Å². The van der Waals surface area contributed by atoms with Gasteiger partial charge in [0.25, 0.3) is 0 Å². The Morgan fingerprint density at radius 3 is 2.45 bits per heavy atom. The quantitative estimate of drug-likeness (QED) is 0.587. The first-order valence-electron chi connectivity index (χ1n) is 11.7. The molecule has 1 amide bonds. The first-order chi connectivity index (χ1) is 14.9. The molecule has 3 aliphatic rings. The van der Waals surface area contributed by atoms with Gasteiger partial charge in [-0.3, -0.25) is 4.79 Å². The van der Waals surface area contributed by atoms with E-state index in [1.54, 1.807) is 0 Å². The molecule has 1 aromatic rings. The SMILES string of the molecule is CC1CCC(C(=O)N(c2cc(C3=CCCCC3)sc2C(=O)O)C2CC[S+]([O-])CC2)CC1. The third-order valence-corrected chi connectivity index (χ3v) is 9.67. The molecule has 4 rings (SSSR count). The zero-order chi connectivity index (χ0) is 22.0. The molecule has 1 N–H and O–H groups in total. The van der Waals surface area contributed by atoms with E-state index in [1.165, 1.54) is 23.3 Å². The van der Waals surface area contributed by atoms with Crippen molar-refractivity contribution in [2.45, 2.75) is 77.2 Å². The van der Waals surface area contributed by atoms with Crippen LogP contribution in [-0.2, 0) is 16.0 Å². The van der Waals surface area contributed by atoms with Crippen LogP contribution in [0.3, 0.4) is 0 Å². The van der Waals surface area contributed by atoms with Crippen molar-refractivity contribution < 1.29 is 19.2 Å². The van der Waals surface area contributed by atoms with Crippen LogP contribution in [0.2, 0.25) is 0 Å². The molecule has 5 nitrogen and oxygen atoms in total. The Labute approximate surface area is 192 Å². The fourth-order valence-electron chi connectivity index (χ4n) is 5.17. The van der Waals surface area contributed by atoms with Crippen LogP contribution in [-0.4, -0.2) is 39.1 Å². The average Bonchev–Trinajstić information content (AvgIpc) is 3.22. The maximum atomic E-state index is 13.8. The fraction of sp³-hybridized carbons (Fsp3) is 0.667. The Hall–Kier alpha value is -1.31. The van der Waals surface area contributed by atoms with Crippen LogP contribution in [0.15, 0.2) is 12.1 Å². The minimum absolute atomic E-state index is 0.0393. The van der Waals surface area contributed by atoms with Crippen LogP contribution >= 0.6 is 11.3 Å². The van der Waals surface area contributed by atoms with E-state index in [0.29, 0.717) is 36.0 Å². The predicted octanol–water partition coefficient (Wildman–Crippen LogP) is 5.47. The van der Waals surface area contributed by atoms with Gasteiger partial charge in [-0.15, -0.1) is 11.3 Å². The first kappa shape index (κ1) is 22.9. The molecule has 2 heterocycles. The number of anilines is 1. The van der Waals surface area contributed by atoms with Gasteiger partial charge in [-0.25, -0.2) is 4.79 Å². The Balaban J connectivity index is 1.70. The van der Waals surface area contributed by atoms with Crippen LogP contribution in [0, 0.1) is 11.8 Å². The second kappa shape index (κ2) is 10.1. The van der Waals surface area contributed by atoms with Crippen LogP contribution in [0.4, 0.5) is 5.69 Å². The summed E-state index contributed by atoms with van der Waals surface area (Å²) in [5, 5.41) is 10.00. The molecule has 0 bridgehead atoms. The Bertz CT molecular complexity index is 833. The van der Waals surface area contributed by atoms with E-state index in [9.17, 15) is 19.2 Å². The molecule has 2 fully saturated rings. The zero-order valence-electron chi connectivity index (χ0n) is 18.3. The normalized spacial score (nSPS) is 29.3. The largest absolute Gasteiger partial charge is 0.616 e. The highest BCUT2D eigenvalue weighted by atomic mass is 32.2. The number of nitrogens with zero attached hydrogens (tertiary/aromatic N) is 1. The van der Waals surface area contributed by atoms with E-state index in [2.05, 4.69) is 13.0 Å². The summed E-state index contributed by atoms with van der Waals surface area (Å²) in [6, 6.07) is 1.89. The van der Waals surface area contributed by atoms with E-state index in [-0.39, 0.29) is 22.7 Å². The molecule has 0 atom stereocenters. The second-order valence-corrected chi connectivity index (χ2v) is 12.1. The lowest BCUT2D eigenvalue weighted by Gasteiger charge is -2.38. The lowest BCUT2D eigenvalue weighted by molar-refractivity contribution is -0.124. The number of thiophene rings is 1. The van der Waals surface area contributed by atoms with Crippen molar-refractivity contribution in [1.29, 1.82) is 0 Å². The molecule has 1 aliphatic heterocycles. The standard InChI is InChI=1S/C24H33NO4S2/c1-16-7-9-18(10-8-16)23(26)25(19-11-13-31(29)14-12-19)20-15-21(30-22(20)24(27)28)17-5-3-2-4-6-17/h5,15-16,18-19H,2-4,6-14H2,1H3,(H,27,28). The summed E-state index contributed by atoms with van der Waals surface area (Å²) < 4.78 is 12.0. The van der Waals surface area contributed by atoms with Gasteiger partial charge in [-0.05, 0) is 68.9 Å². The summed E-state index contributed by atoms with van der Waals surface area (Å²) in [6.07, 6.45) is 11.7. The van der Waals surface area contributed by atoms with Gasteiger partial charge in [0.1, 0.15) is 16.4 Å². The molecule has 0 aromatic carbocycles. The Kier molecular flexibility index (Phi) is 7.44. The second-order valence-electron chi connectivity index (χ2n) is 9.35. The number of hydrogen-bond acceptors (Lipinski definition) is 4. The molecular weight excluding hydrogens is 430 g/mol. The topological polar surface area (TPSA) is 80.7 Å². The number of carboxylic acids is 1. The highest BCUT2D eigenvalue weighted by Gasteiger charge is 2.38. The number of carbonyl (C=O) groups excluding carboxylic acids is 1. The van der Waals surface area contributed by atoms with Gasteiger partial charge in [0.15, 0.2) is 0 Å². The van der Waals surface area contributed by atoms with Gasteiger partial charge in [-0.2, -0.15) is 0 Å². The number of hydrogen-bond donors (Lipinski definition) is 1. The van der Waals surface area contributed by atoms with Crippen molar-refractivity contribution in [3.8, 4) is 0 Å². The van der Waals surface area contributed by atoms with Gasteiger partial charge in [0, 0.05) is 29.7 Å². The molecule has 31 heavy (non-hydrogen) atoms.